The highest BCUT2D eigenvalue weighted by atomic mass is 16.4. The van der Waals surface area contributed by atoms with Gasteiger partial charge >= 0.3 is 5.97 Å². The molecule has 0 aliphatic carbocycles. The average Bonchev–Trinajstić information content (AvgIpc) is 2.74. The van der Waals surface area contributed by atoms with Gasteiger partial charge in [0.2, 0.25) is 0 Å². The zero-order valence-electron chi connectivity index (χ0n) is 9.32. The standard InChI is InChI=1S/C10H11N5O2/c1-14-7-9(12-13-14)8-2-4-15(11-6-8)5-3-10(16)17/h2,4,6-7H,3,5H2,1H3/p+1. The summed E-state index contributed by atoms with van der Waals surface area (Å²) in [7, 11) is 1.79. The first-order valence-electron chi connectivity index (χ1n) is 5.09. The summed E-state index contributed by atoms with van der Waals surface area (Å²) >= 11 is 0. The second kappa shape index (κ2) is 4.69. The van der Waals surface area contributed by atoms with Crippen LogP contribution in [0.15, 0.2) is 24.7 Å². The van der Waals surface area contributed by atoms with Crippen LogP contribution in [0.4, 0.5) is 0 Å². The van der Waals surface area contributed by atoms with Crippen LogP contribution in [-0.2, 0) is 18.4 Å². The van der Waals surface area contributed by atoms with Gasteiger partial charge in [0, 0.05) is 18.7 Å². The van der Waals surface area contributed by atoms with Crippen LogP contribution in [0, 0.1) is 0 Å². The van der Waals surface area contributed by atoms with Crippen molar-refractivity contribution in [3.05, 3.63) is 24.7 Å². The molecule has 0 unspecified atom stereocenters. The van der Waals surface area contributed by atoms with Gasteiger partial charge in [-0.25, -0.2) is 0 Å². The molecule has 0 aliphatic rings. The quantitative estimate of drug-likeness (QED) is 0.730. The topological polar surface area (TPSA) is 84.8 Å². The van der Waals surface area contributed by atoms with Crippen LogP contribution in [0.1, 0.15) is 6.42 Å². The average molecular weight is 234 g/mol. The zero-order chi connectivity index (χ0) is 12.3. The number of carboxylic acids is 1. The Kier molecular flexibility index (Phi) is 3.08. The molecule has 0 saturated heterocycles. The largest absolute Gasteiger partial charge is 0.481 e. The molecule has 0 aliphatic heterocycles. The van der Waals surface area contributed by atoms with Gasteiger partial charge in [-0.2, -0.15) is 0 Å². The van der Waals surface area contributed by atoms with Gasteiger partial charge in [-0.15, -0.1) is 5.10 Å². The Morgan fingerprint density at radius 2 is 2.41 bits per heavy atom. The smallest absolute Gasteiger partial charge is 0.309 e. The monoisotopic (exact) mass is 234 g/mol. The fourth-order valence-electron chi connectivity index (χ4n) is 1.36. The van der Waals surface area contributed by atoms with E-state index >= 15 is 0 Å². The maximum Gasteiger partial charge on any atom is 0.309 e. The Morgan fingerprint density at radius 1 is 1.59 bits per heavy atom. The number of nitrogens with zero attached hydrogens (tertiary/aromatic N) is 5. The first-order chi connectivity index (χ1) is 8.15. The molecule has 2 aromatic rings. The Bertz CT molecular complexity index is 520. The molecule has 0 aromatic carbocycles. The van der Waals surface area contributed by atoms with Crippen molar-refractivity contribution in [3.8, 4) is 11.3 Å². The Morgan fingerprint density at radius 3 is 2.94 bits per heavy atom. The molecule has 2 heterocycles. The van der Waals surface area contributed by atoms with E-state index in [-0.39, 0.29) is 6.42 Å². The Hall–Kier alpha value is -2.31. The predicted molar refractivity (Wildman–Crippen MR) is 56.7 cm³/mol. The second-order valence-electron chi connectivity index (χ2n) is 3.60. The number of aromatic nitrogens is 5. The second-order valence-corrected chi connectivity index (χ2v) is 3.60. The van der Waals surface area contributed by atoms with E-state index in [1.54, 1.807) is 35.0 Å². The third kappa shape index (κ3) is 2.83. The van der Waals surface area contributed by atoms with Gasteiger partial charge in [-0.3, -0.25) is 9.48 Å². The van der Waals surface area contributed by atoms with Gasteiger partial charge < -0.3 is 5.11 Å². The number of aliphatic carboxylic acids is 1. The lowest BCUT2D eigenvalue weighted by Gasteiger charge is -1.94. The van der Waals surface area contributed by atoms with Gasteiger partial charge in [0.1, 0.15) is 18.3 Å². The van der Waals surface area contributed by atoms with Crippen molar-refractivity contribution in [2.24, 2.45) is 7.05 Å². The van der Waals surface area contributed by atoms with Crippen LogP contribution in [0.5, 0.6) is 0 Å². The molecule has 0 radical (unpaired) electrons. The molecule has 88 valence electrons. The van der Waals surface area contributed by atoms with E-state index < -0.39 is 5.97 Å². The molecule has 0 atom stereocenters. The van der Waals surface area contributed by atoms with E-state index in [0.717, 1.165) is 11.3 Å². The minimum Gasteiger partial charge on any atom is -0.481 e. The van der Waals surface area contributed by atoms with Gasteiger partial charge in [-0.05, 0) is 5.10 Å². The van der Waals surface area contributed by atoms with Crippen molar-refractivity contribution in [3.63, 3.8) is 0 Å². The molecule has 0 fully saturated rings. The summed E-state index contributed by atoms with van der Waals surface area (Å²) in [5.41, 5.74) is 1.59. The van der Waals surface area contributed by atoms with Crippen LogP contribution >= 0.6 is 0 Å². The van der Waals surface area contributed by atoms with Crippen LogP contribution in [0.25, 0.3) is 11.3 Å². The first kappa shape index (κ1) is 11.2. The lowest BCUT2D eigenvalue weighted by molar-refractivity contribution is -0.752. The normalized spacial score (nSPS) is 10.4. The molecule has 7 heteroatoms. The number of aryl methyl sites for hydroxylation is 2. The summed E-state index contributed by atoms with van der Waals surface area (Å²) in [5, 5.41) is 20.4. The van der Waals surface area contributed by atoms with Crippen LogP contribution in [0.2, 0.25) is 0 Å². The van der Waals surface area contributed by atoms with E-state index in [9.17, 15) is 4.79 Å². The molecular formula is C10H12N5O2+. The van der Waals surface area contributed by atoms with E-state index in [0.29, 0.717) is 6.54 Å². The SMILES string of the molecule is Cn1cc(-c2cc[n+](CCC(=O)O)nc2)nn1. The number of hydrogen-bond acceptors (Lipinski definition) is 4. The molecule has 0 saturated carbocycles. The predicted octanol–water partition coefficient (Wildman–Crippen LogP) is -0.361. The molecule has 2 rings (SSSR count). The minimum absolute atomic E-state index is 0.0577. The van der Waals surface area contributed by atoms with E-state index in [1.807, 2.05) is 6.07 Å². The van der Waals surface area contributed by atoms with Crippen LogP contribution < -0.4 is 4.68 Å². The number of hydrogen-bond donors (Lipinski definition) is 1. The van der Waals surface area contributed by atoms with Gasteiger partial charge in [-0.1, -0.05) is 9.90 Å². The molecule has 17 heavy (non-hydrogen) atoms. The van der Waals surface area contributed by atoms with Gasteiger partial charge in [0.05, 0.1) is 6.20 Å². The summed E-state index contributed by atoms with van der Waals surface area (Å²) in [6, 6.07) is 1.83. The molecule has 1 N–H and O–H groups in total. The fraction of sp³-hybridized carbons (Fsp3) is 0.300. The summed E-state index contributed by atoms with van der Waals surface area (Å²) < 4.78 is 3.19. The Labute approximate surface area is 97.3 Å². The summed E-state index contributed by atoms with van der Waals surface area (Å²) in [5.74, 6) is -0.836. The zero-order valence-corrected chi connectivity index (χ0v) is 9.32. The number of rotatable bonds is 4. The van der Waals surface area contributed by atoms with Crippen molar-refractivity contribution < 1.29 is 14.6 Å². The molecule has 2 aromatic heterocycles. The summed E-state index contributed by atoms with van der Waals surface area (Å²) in [6.07, 6.45) is 5.22. The lowest BCUT2D eigenvalue weighted by atomic mass is 10.2. The highest BCUT2D eigenvalue weighted by Gasteiger charge is 2.08. The third-order valence-corrected chi connectivity index (χ3v) is 2.22. The maximum absolute atomic E-state index is 10.4. The lowest BCUT2D eigenvalue weighted by Crippen LogP contribution is -2.38. The highest BCUT2D eigenvalue weighted by molar-refractivity contribution is 5.66. The number of carbonyl (C=O) groups is 1. The summed E-state index contributed by atoms with van der Waals surface area (Å²) in [6.45, 7) is 0.357. The summed E-state index contributed by atoms with van der Waals surface area (Å²) in [4.78, 5) is 10.4. The highest BCUT2D eigenvalue weighted by Crippen LogP contribution is 2.11. The van der Waals surface area contributed by atoms with Crippen molar-refractivity contribution in [1.29, 1.82) is 0 Å². The van der Waals surface area contributed by atoms with Gasteiger partial charge in [0.15, 0.2) is 12.7 Å². The van der Waals surface area contributed by atoms with Crippen molar-refractivity contribution in [2.75, 3.05) is 0 Å². The van der Waals surface area contributed by atoms with Crippen molar-refractivity contribution >= 4 is 5.97 Å². The molecular weight excluding hydrogens is 222 g/mol. The van der Waals surface area contributed by atoms with Crippen molar-refractivity contribution in [1.82, 2.24) is 20.1 Å². The minimum atomic E-state index is -0.836. The molecule has 0 spiro atoms. The fourth-order valence-corrected chi connectivity index (χ4v) is 1.36. The Balaban J connectivity index is 2.10. The third-order valence-electron chi connectivity index (χ3n) is 2.22. The van der Waals surface area contributed by atoms with Crippen molar-refractivity contribution in [2.45, 2.75) is 13.0 Å². The maximum atomic E-state index is 10.4. The first-order valence-corrected chi connectivity index (χ1v) is 5.09. The number of carboxylic acid groups (broad SMARTS) is 1. The molecule has 0 bridgehead atoms. The van der Waals surface area contributed by atoms with E-state index in [2.05, 4.69) is 15.4 Å². The molecule has 0 amide bonds. The molecule has 7 nitrogen and oxygen atoms in total. The van der Waals surface area contributed by atoms with E-state index in [1.165, 1.54) is 0 Å². The van der Waals surface area contributed by atoms with Crippen LogP contribution in [-0.4, -0.2) is 31.2 Å². The van der Waals surface area contributed by atoms with E-state index in [4.69, 9.17) is 5.11 Å². The van der Waals surface area contributed by atoms with Gasteiger partial charge in [0.25, 0.3) is 0 Å². The van der Waals surface area contributed by atoms with Crippen LogP contribution in [0.3, 0.4) is 0 Å².